The van der Waals surface area contributed by atoms with E-state index in [0.717, 1.165) is 5.56 Å². The van der Waals surface area contributed by atoms with Crippen molar-refractivity contribution < 1.29 is 13.2 Å². The largest absolute Gasteiger partial charge is 0.370 e. The monoisotopic (exact) mass is 299 g/mol. The summed E-state index contributed by atoms with van der Waals surface area (Å²) in [6.07, 6.45) is -0.0604. The average molecular weight is 299 g/mol. The number of carbonyl (C=O) groups is 1. The number of primary amides is 1. The Morgan fingerprint density at radius 3 is 2.45 bits per heavy atom. The van der Waals surface area contributed by atoms with Crippen molar-refractivity contribution >= 4 is 15.9 Å². The Kier molecular flexibility index (Phi) is 5.27. The van der Waals surface area contributed by atoms with Crippen LogP contribution in [0.3, 0.4) is 0 Å². The van der Waals surface area contributed by atoms with Crippen molar-refractivity contribution in [2.45, 2.75) is 38.1 Å². The van der Waals surface area contributed by atoms with Crippen LogP contribution in [0.25, 0.3) is 0 Å². The lowest BCUT2D eigenvalue weighted by Gasteiger charge is -2.24. The molecule has 0 atom stereocenters. The lowest BCUT2D eigenvalue weighted by molar-refractivity contribution is -0.119. The van der Waals surface area contributed by atoms with Crippen molar-refractivity contribution in [1.82, 2.24) is 4.72 Å². The van der Waals surface area contributed by atoms with Crippen LogP contribution in [0.1, 0.15) is 31.4 Å². The Morgan fingerprint density at radius 1 is 1.30 bits per heavy atom. The van der Waals surface area contributed by atoms with Gasteiger partial charge < -0.3 is 11.5 Å². The first-order valence-corrected chi connectivity index (χ1v) is 7.87. The molecule has 0 heterocycles. The van der Waals surface area contributed by atoms with Gasteiger partial charge in [0, 0.05) is 18.5 Å². The number of amides is 1. The van der Waals surface area contributed by atoms with Gasteiger partial charge in [-0.2, -0.15) is 0 Å². The quantitative estimate of drug-likeness (QED) is 0.668. The fraction of sp³-hybridized carbons (Fsp3) is 0.462. The van der Waals surface area contributed by atoms with Crippen molar-refractivity contribution in [2.75, 3.05) is 0 Å². The third kappa shape index (κ3) is 5.68. The Hall–Kier alpha value is -1.44. The zero-order valence-corrected chi connectivity index (χ0v) is 12.5. The number of nitrogens with one attached hydrogen (secondary N) is 1. The van der Waals surface area contributed by atoms with Crippen LogP contribution < -0.4 is 16.2 Å². The first kappa shape index (κ1) is 16.6. The van der Waals surface area contributed by atoms with Gasteiger partial charge in [0.1, 0.15) is 0 Å². The van der Waals surface area contributed by atoms with Gasteiger partial charge in [-0.3, -0.25) is 4.79 Å². The highest BCUT2D eigenvalue weighted by Crippen LogP contribution is 2.13. The molecule has 0 bridgehead atoms. The van der Waals surface area contributed by atoms with E-state index < -0.39 is 21.5 Å². The van der Waals surface area contributed by atoms with Crippen LogP contribution in [-0.4, -0.2) is 19.9 Å². The summed E-state index contributed by atoms with van der Waals surface area (Å²) in [5.41, 5.74) is 11.2. The summed E-state index contributed by atoms with van der Waals surface area (Å²) >= 11 is 0. The summed E-state index contributed by atoms with van der Waals surface area (Å²) in [4.78, 5) is 10.9. The van der Waals surface area contributed by atoms with Crippen LogP contribution in [-0.2, 0) is 27.1 Å². The predicted molar refractivity (Wildman–Crippen MR) is 78.0 cm³/mol. The van der Waals surface area contributed by atoms with Crippen LogP contribution in [0.2, 0.25) is 0 Å². The third-order valence-corrected chi connectivity index (χ3v) is 4.21. The summed E-state index contributed by atoms with van der Waals surface area (Å²) < 4.78 is 26.7. The fourth-order valence-electron chi connectivity index (χ4n) is 1.99. The Morgan fingerprint density at radius 2 is 1.90 bits per heavy atom. The standard InChI is InChI=1S/C13H21N3O3S/c1-13(2,7-12(15)17)16-20(18,19)9-11-5-3-4-10(6-11)8-14/h3-6,16H,7-9,14H2,1-2H3,(H2,15,17). The van der Waals surface area contributed by atoms with E-state index in [0.29, 0.717) is 12.1 Å². The van der Waals surface area contributed by atoms with Gasteiger partial charge in [-0.25, -0.2) is 13.1 Å². The maximum atomic E-state index is 12.1. The van der Waals surface area contributed by atoms with Crippen molar-refractivity contribution in [3.05, 3.63) is 35.4 Å². The molecule has 0 aromatic heterocycles. The molecule has 1 rings (SSSR count). The summed E-state index contributed by atoms with van der Waals surface area (Å²) in [5, 5.41) is 0. The summed E-state index contributed by atoms with van der Waals surface area (Å²) in [5.74, 6) is -0.717. The van der Waals surface area contributed by atoms with Crippen molar-refractivity contribution in [3.63, 3.8) is 0 Å². The maximum absolute atomic E-state index is 12.1. The normalized spacial score (nSPS) is 12.3. The molecule has 0 spiro atoms. The molecule has 6 nitrogen and oxygen atoms in total. The van der Waals surface area contributed by atoms with Gasteiger partial charge in [-0.15, -0.1) is 0 Å². The minimum Gasteiger partial charge on any atom is -0.370 e. The van der Waals surface area contributed by atoms with E-state index in [2.05, 4.69) is 4.72 Å². The highest BCUT2D eigenvalue weighted by molar-refractivity contribution is 7.88. The van der Waals surface area contributed by atoms with E-state index in [9.17, 15) is 13.2 Å². The molecule has 1 amide bonds. The number of nitrogens with two attached hydrogens (primary N) is 2. The molecular weight excluding hydrogens is 278 g/mol. The second-order valence-corrected chi connectivity index (χ2v) is 7.13. The van der Waals surface area contributed by atoms with E-state index in [1.807, 2.05) is 6.07 Å². The molecule has 0 fully saturated rings. The molecule has 0 radical (unpaired) electrons. The first-order valence-electron chi connectivity index (χ1n) is 6.21. The smallest absolute Gasteiger partial charge is 0.219 e. The zero-order valence-electron chi connectivity index (χ0n) is 11.7. The fourth-order valence-corrected chi connectivity index (χ4v) is 3.60. The molecule has 112 valence electrons. The Bertz CT molecular complexity index is 582. The van der Waals surface area contributed by atoms with Crippen LogP contribution in [0.4, 0.5) is 0 Å². The van der Waals surface area contributed by atoms with Crippen molar-refractivity contribution in [1.29, 1.82) is 0 Å². The summed E-state index contributed by atoms with van der Waals surface area (Å²) in [7, 11) is -3.56. The second kappa shape index (κ2) is 6.34. The van der Waals surface area contributed by atoms with Crippen LogP contribution in [0.5, 0.6) is 0 Å². The first-order chi connectivity index (χ1) is 9.13. The molecule has 0 unspecified atom stereocenters. The summed E-state index contributed by atoms with van der Waals surface area (Å²) in [6, 6.07) is 7.07. The molecule has 0 saturated carbocycles. The highest BCUT2D eigenvalue weighted by atomic mass is 32.2. The zero-order chi connectivity index (χ0) is 15.4. The van der Waals surface area contributed by atoms with Crippen LogP contribution >= 0.6 is 0 Å². The lowest BCUT2D eigenvalue weighted by Crippen LogP contribution is -2.46. The number of hydrogen-bond donors (Lipinski definition) is 3. The van der Waals surface area contributed by atoms with Gasteiger partial charge in [0.25, 0.3) is 0 Å². The van der Waals surface area contributed by atoms with Crippen LogP contribution in [0.15, 0.2) is 24.3 Å². The molecule has 1 aromatic rings. The Labute approximate surface area is 119 Å². The SMILES string of the molecule is CC(C)(CC(N)=O)NS(=O)(=O)Cc1cccc(CN)c1. The molecule has 20 heavy (non-hydrogen) atoms. The number of benzene rings is 1. The molecule has 0 aliphatic heterocycles. The molecule has 0 saturated heterocycles. The molecule has 7 heteroatoms. The summed E-state index contributed by atoms with van der Waals surface area (Å²) in [6.45, 7) is 3.59. The molecule has 1 aromatic carbocycles. The minimum absolute atomic E-state index is 0.0604. The highest BCUT2D eigenvalue weighted by Gasteiger charge is 2.26. The van der Waals surface area contributed by atoms with E-state index in [1.54, 1.807) is 32.0 Å². The number of rotatable bonds is 7. The number of sulfonamides is 1. The molecule has 0 aliphatic carbocycles. The van der Waals surface area contributed by atoms with E-state index >= 15 is 0 Å². The predicted octanol–water partition coefficient (Wildman–Crippen LogP) is 0.219. The molecular formula is C13H21N3O3S. The van der Waals surface area contributed by atoms with Crippen LogP contribution in [0, 0.1) is 0 Å². The van der Waals surface area contributed by atoms with Crippen molar-refractivity contribution in [2.24, 2.45) is 11.5 Å². The maximum Gasteiger partial charge on any atom is 0.219 e. The number of hydrogen-bond acceptors (Lipinski definition) is 4. The van der Waals surface area contributed by atoms with Gasteiger partial charge in [-0.1, -0.05) is 24.3 Å². The van der Waals surface area contributed by atoms with Gasteiger partial charge in [0.15, 0.2) is 0 Å². The number of carbonyl (C=O) groups excluding carboxylic acids is 1. The minimum atomic E-state index is -3.56. The van der Waals surface area contributed by atoms with Gasteiger partial charge in [-0.05, 0) is 25.0 Å². The average Bonchev–Trinajstić information content (AvgIpc) is 2.24. The van der Waals surface area contributed by atoms with E-state index in [1.165, 1.54) is 0 Å². The van der Waals surface area contributed by atoms with Gasteiger partial charge >= 0.3 is 0 Å². The van der Waals surface area contributed by atoms with E-state index in [4.69, 9.17) is 11.5 Å². The molecule has 0 aliphatic rings. The molecule has 5 N–H and O–H groups in total. The third-order valence-electron chi connectivity index (χ3n) is 2.63. The Balaban J connectivity index is 2.81. The second-order valence-electron chi connectivity index (χ2n) is 5.41. The lowest BCUT2D eigenvalue weighted by atomic mass is 10.0. The van der Waals surface area contributed by atoms with Gasteiger partial charge in [0.2, 0.25) is 15.9 Å². The van der Waals surface area contributed by atoms with Gasteiger partial charge in [0.05, 0.1) is 5.75 Å². The topological polar surface area (TPSA) is 115 Å². The van der Waals surface area contributed by atoms with E-state index in [-0.39, 0.29) is 12.2 Å². The van der Waals surface area contributed by atoms with Crippen molar-refractivity contribution in [3.8, 4) is 0 Å².